The molecule has 2 N–H and O–H groups in total. The van der Waals surface area contributed by atoms with Crippen LogP contribution in [0.5, 0.6) is 0 Å². The normalized spacial score (nSPS) is 18.0. The summed E-state index contributed by atoms with van der Waals surface area (Å²) in [6, 6.07) is 6.07. The Hall–Kier alpha value is -2.37. The number of fused-ring (bicyclic) bond motifs is 1. The first-order valence-electron chi connectivity index (χ1n) is 8.16. The summed E-state index contributed by atoms with van der Waals surface area (Å²) in [5.74, 6) is -1.52. The number of rotatable bonds is 5. The van der Waals surface area contributed by atoms with Crippen molar-refractivity contribution in [1.29, 1.82) is 0 Å². The molecule has 0 bridgehead atoms. The van der Waals surface area contributed by atoms with Crippen molar-refractivity contribution in [2.24, 2.45) is 5.92 Å². The van der Waals surface area contributed by atoms with Crippen molar-refractivity contribution < 1.29 is 19.5 Å². The predicted octanol–water partition coefficient (Wildman–Crippen LogP) is 1.58. The SMILES string of the molecule is CC(=O)N1Cc2ccccc2CC1C(=O)NC(CC(C)C)C(=O)O. The number of nitrogens with one attached hydrogen (secondary N) is 1. The zero-order valence-electron chi connectivity index (χ0n) is 14.3. The Morgan fingerprint density at radius 1 is 1.25 bits per heavy atom. The summed E-state index contributed by atoms with van der Waals surface area (Å²) in [6.45, 7) is 5.60. The minimum absolute atomic E-state index is 0.141. The van der Waals surface area contributed by atoms with E-state index in [0.717, 1.165) is 11.1 Å². The van der Waals surface area contributed by atoms with Crippen molar-refractivity contribution in [1.82, 2.24) is 10.2 Å². The third-order valence-corrected chi connectivity index (χ3v) is 4.28. The van der Waals surface area contributed by atoms with E-state index in [0.29, 0.717) is 19.4 Å². The van der Waals surface area contributed by atoms with Gasteiger partial charge in [0.15, 0.2) is 0 Å². The fourth-order valence-corrected chi connectivity index (χ4v) is 3.05. The smallest absolute Gasteiger partial charge is 0.326 e. The number of carboxylic acid groups (broad SMARTS) is 1. The lowest BCUT2D eigenvalue weighted by Crippen LogP contribution is -2.55. The maximum absolute atomic E-state index is 12.7. The molecule has 6 heteroatoms. The first kappa shape index (κ1) is 18.0. The van der Waals surface area contributed by atoms with Crippen LogP contribution < -0.4 is 5.32 Å². The fourth-order valence-electron chi connectivity index (χ4n) is 3.05. The van der Waals surface area contributed by atoms with Crippen LogP contribution in [0.4, 0.5) is 0 Å². The lowest BCUT2D eigenvalue weighted by Gasteiger charge is -2.36. The number of carboxylic acids is 1. The number of hydrogen-bond acceptors (Lipinski definition) is 3. The fraction of sp³-hybridized carbons (Fsp3) is 0.500. The molecule has 1 aromatic carbocycles. The first-order chi connectivity index (χ1) is 11.3. The number of nitrogens with zero attached hydrogens (tertiary/aromatic N) is 1. The van der Waals surface area contributed by atoms with E-state index in [1.165, 1.54) is 11.8 Å². The summed E-state index contributed by atoms with van der Waals surface area (Å²) in [5, 5.41) is 11.9. The van der Waals surface area contributed by atoms with Crippen molar-refractivity contribution in [2.75, 3.05) is 0 Å². The summed E-state index contributed by atoms with van der Waals surface area (Å²) in [4.78, 5) is 37.5. The highest BCUT2D eigenvalue weighted by Crippen LogP contribution is 2.23. The van der Waals surface area contributed by atoms with Crippen LogP contribution in [0.15, 0.2) is 24.3 Å². The van der Waals surface area contributed by atoms with Gasteiger partial charge in [-0.3, -0.25) is 9.59 Å². The average molecular weight is 332 g/mol. The van der Waals surface area contributed by atoms with Crippen LogP contribution >= 0.6 is 0 Å². The second-order valence-corrected chi connectivity index (χ2v) is 6.66. The van der Waals surface area contributed by atoms with Crippen LogP contribution in [0, 0.1) is 5.92 Å². The summed E-state index contributed by atoms with van der Waals surface area (Å²) >= 11 is 0. The number of amides is 2. The van der Waals surface area contributed by atoms with Crippen molar-refractivity contribution >= 4 is 17.8 Å². The Morgan fingerprint density at radius 3 is 2.42 bits per heavy atom. The van der Waals surface area contributed by atoms with Gasteiger partial charge in [0.1, 0.15) is 12.1 Å². The van der Waals surface area contributed by atoms with E-state index in [2.05, 4.69) is 5.32 Å². The molecule has 24 heavy (non-hydrogen) atoms. The number of carbonyl (C=O) groups excluding carboxylic acids is 2. The predicted molar refractivity (Wildman–Crippen MR) is 89.2 cm³/mol. The number of hydrogen-bond donors (Lipinski definition) is 2. The third kappa shape index (κ3) is 4.13. The molecule has 6 nitrogen and oxygen atoms in total. The van der Waals surface area contributed by atoms with Gasteiger partial charge in [-0.1, -0.05) is 38.1 Å². The lowest BCUT2D eigenvalue weighted by molar-refractivity contribution is -0.145. The quantitative estimate of drug-likeness (QED) is 0.857. The molecule has 2 unspecified atom stereocenters. The zero-order chi connectivity index (χ0) is 17.9. The standard InChI is InChI=1S/C18H24N2O4/c1-11(2)8-15(18(23)24)19-17(22)16-9-13-6-4-5-7-14(13)10-20(16)12(3)21/h4-7,11,15-16H,8-10H2,1-3H3,(H,19,22)(H,23,24). The summed E-state index contributed by atoms with van der Waals surface area (Å²) in [6.07, 6.45) is 0.750. The van der Waals surface area contributed by atoms with E-state index < -0.39 is 24.0 Å². The van der Waals surface area contributed by atoms with Gasteiger partial charge in [0.05, 0.1) is 0 Å². The minimum Gasteiger partial charge on any atom is -0.480 e. The monoisotopic (exact) mass is 332 g/mol. The first-order valence-corrected chi connectivity index (χ1v) is 8.16. The number of benzene rings is 1. The molecule has 1 aromatic rings. The van der Waals surface area contributed by atoms with Gasteiger partial charge in [-0.05, 0) is 23.5 Å². The molecule has 0 aliphatic carbocycles. The van der Waals surface area contributed by atoms with Gasteiger partial charge in [0.25, 0.3) is 0 Å². The maximum Gasteiger partial charge on any atom is 0.326 e. The van der Waals surface area contributed by atoms with Crippen molar-refractivity contribution in [2.45, 2.75) is 52.2 Å². The van der Waals surface area contributed by atoms with E-state index in [9.17, 15) is 19.5 Å². The van der Waals surface area contributed by atoms with Crippen molar-refractivity contribution in [3.05, 3.63) is 35.4 Å². The molecule has 130 valence electrons. The van der Waals surface area contributed by atoms with E-state index in [1.807, 2.05) is 38.1 Å². The Balaban J connectivity index is 2.19. The molecule has 0 saturated carbocycles. The van der Waals surface area contributed by atoms with Gasteiger partial charge in [0.2, 0.25) is 11.8 Å². The van der Waals surface area contributed by atoms with Gasteiger partial charge >= 0.3 is 5.97 Å². The number of carbonyl (C=O) groups is 3. The molecule has 0 radical (unpaired) electrons. The molecular weight excluding hydrogens is 308 g/mol. The molecule has 2 amide bonds. The Morgan fingerprint density at radius 2 is 1.88 bits per heavy atom. The van der Waals surface area contributed by atoms with E-state index in [1.54, 1.807) is 0 Å². The van der Waals surface area contributed by atoms with Crippen LogP contribution in [0.3, 0.4) is 0 Å². The molecule has 1 aliphatic heterocycles. The summed E-state index contributed by atoms with van der Waals surface area (Å²) < 4.78 is 0. The zero-order valence-corrected chi connectivity index (χ0v) is 14.3. The van der Waals surface area contributed by atoms with Gasteiger partial charge < -0.3 is 15.3 Å². The van der Waals surface area contributed by atoms with E-state index >= 15 is 0 Å². The molecule has 0 fully saturated rings. The lowest BCUT2D eigenvalue weighted by atomic mass is 9.93. The maximum atomic E-state index is 12.7. The molecular formula is C18H24N2O4. The Bertz CT molecular complexity index is 642. The molecule has 0 aromatic heterocycles. The minimum atomic E-state index is -1.05. The summed E-state index contributed by atoms with van der Waals surface area (Å²) in [5.41, 5.74) is 2.04. The molecule has 2 rings (SSSR count). The average Bonchev–Trinajstić information content (AvgIpc) is 2.52. The van der Waals surface area contributed by atoms with Gasteiger partial charge in [-0.25, -0.2) is 4.79 Å². The Labute approximate surface area is 141 Å². The van der Waals surface area contributed by atoms with Gasteiger partial charge in [0, 0.05) is 19.9 Å². The van der Waals surface area contributed by atoms with Gasteiger partial charge in [-0.15, -0.1) is 0 Å². The third-order valence-electron chi connectivity index (χ3n) is 4.28. The molecule has 1 aliphatic rings. The topological polar surface area (TPSA) is 86.7 Å². The van der Waals surface area contributed by atoms with Crippen molar-refractivity contribution in [3.8, 4) is 0 Å². The van der Waals surface area contributed by atoms with Crippen LogP contribution in [-0.4, -0.2) is 39.9 Å². The Kier molecular flexibility index (Phi) is 5.59. The molecule has 0 saturated heterocycles. The van der Waals surface area contributed by atoms with Crippen LogP contribution in [-0.2, 0) is 27.3 Å². The van der Waals surface area contributed by atoms with Crippen LogP contribution in [0.1, 0.15) is 38.3 Å². The molecule has 1 heterocycles. The number of aliphatic carboxylic acids is 1. The van der Waals surface area contributed by atoms with E-state index in [4.69, 9.17) is 0 Å². The largest absolute Gasteiger partial charge is 0.480 e. The van der Waals surface area contributed by atoms with Crippen LogP contribution in [0.25, 0.3) is 0 Å². The highest BCUT2D eigenvalue weighted by molar-refractivity contribution is 5.90. The van der Waals surface area contributed by atoms with Gasteiger partial charge in [-0.2, -0.15) is 0 Å². The second kappa shape index (κ2) is 7.47. The van der Waals surface area contributed by atoms with Crippen LogP contribution in [0.2, 0.25) is 0 Å². The molecule has 2 atom stereocenters. The second-order valence-electron chi connectivity index (χ2n) is 6.66. The van der Waals surface area contributed by atoms with Crippen molar-refractivity contribution in [3.63, 3.8) is 0 Å². The summed E-state index contributed by atoms with van der Waals surface area (Å²) in [7, 11) is 0. The highest BCUT2D eigenvalue weighted by Gasteiger charge is 2.34. The molecule has 0 spiro atoms. The van der Waals surface area contributed by atoms with E-state index in [-0.39, 0.29) is 11.8 Å². The highest BCUT2D eigenvalue weighted by atomic mass is 16.4.